The monoisotopic (exact) mass is 181 g/mol. The van der Waals surface area contributed by atoms with Crippen LogP contribution in [0.5, 0.6) is 0 Å². The molecule has 0 bridgehead atoms. The quantitative estimate of drug-likeness (QED) is 0.603. The van der Waals surface area contributed by atoms with Gasteiger partial charge in [0.05, 0.1) is 0 Å². The van der Waals surface area contributed by atoms with Gasteiger partial charge in [-0.25, -0.2) is 0 Å². The second kappa shape index (κ2) is 5.35. The number of rotatable bonds is 4. The first kappa shape index (κ1) is 10.7. The zero-order valence-corrected chi connectivity index (χ0v) is 8.94. The fourth-order valence-electron chi connectivity index (χ4n) is 1.03. The lowest BCUT2D eigenvalue weighted by Crippen LogP contribution is -2.35. The van der Waals surface area contributed by atoms with E-state index in [4.69, 9.17) is 11.2 Å². The number of nitrogens with zero attached hydrogens (tertiary/aromatic N) is 1. The zero-order valence-electron chi connectivity index (χ0n) is 7.19. The molecule has 0 rings (SSSR count). The topological polar surface area (TPSA) is 3.24 Å². The van der Waals surface area contributed by atoms with E-state index in [0.29, 0.717) is 20.0 Å². The summed E-state index contributed by atoms with van der Waals surface area (Å²) in [5, 5.41) is 0. The molecule has 0 N–H and O–H groups in total. The maximum atomic E-state index is 5.67. The van der Waals surface area contributed by atoms with E-state index in [-0.39, 0.29) is 0 Å². The Morgan fingerprint density at radius 3 is 1.70 bits per heavy atom. The summed E-state index contributed by atoms with van der Waals surface area (Å²) < 4.78 is 0. The molecule has 0 amide bonds. The molecule has 0 aromatic rings. The van der Waals surface area contributed by atoms with Crippen molar-refractivity contribution in [2.45, 2.75) is 39.8 Å². The highest BCUT2D eigenvalue weighted by Crippen LogP contribution is 2.20. The van der Waals surface area contributed by atoms with Gasteiger partial charge in [0, 0.05) is 18.4 Å². The van der Waals surface area contributed by atoms with Crippen LogP contribution in [-0.4, -0.2) is 23.3 Å². The Bertz CT molecular complexity index is 77.7. The van der Waals surface area contributed by atoms with Crippen LogP contribution in [0.4, 0.5) is 0 Å². The molecule has 10 heavy (non-hydrogen) atoms. The molecule has 0 saturated heterocycles. The summed E-state index contributed by atoms with van der Waals surface area (Å²) in [4.78, 5) is 2.39. The molecule has 1 atom stereocenters. The first-order chi connectivity index (χ1) is 4.59. The third kappa shape index (κ3) is 3.75. The molecule has 0 aliphatic carbocycles. The van der Waals surface area contributed by atoms with Crippen molar-refractivity contribution < 1.29 is 0 Å². The molecule has 0 spiro atoms. The summed E-state index contributed by atoms with van der Waals surface area (Å²) in [6.07, 6.45) is 1.02. The van der Waals surface area contributed by atoms with Gasteiger partial charge in [0.1, 0.15) is 0 Å². The van der Waals surface area contributed by atoms with E-state index in [9.17, 15) is 0 Å². The van der Waals surface area contributed by atoms with Crippen LogP contribution in [0.3, 0.4) is 0 Å². The van der Waals surface area contributed by atoms with Gasteiger partial charge in [-0.05, 0) is 35.6 Å². The third-order valence-corrected chi connectivity index (χ3v) is 2.41. The Labute approximate surface area is 70.7 Å². The van der Waals surface area contributed by atoms with Gasteiger partial charge in [-0.3, -0.25) is 4.90 Å². The lowest BCUT2D eigenvalue weighted by Gasteiger charge is -2.29. The van der Waals surface area contributed by atoms with E-state index in [1.54, 1.807) is 0 Å². The molecule has 0 radical (unpaired) electrons. The lowest BCUT2D eigenvalue weighted by molar-refractivity contribution is 0.210. The minimum atomic E-state index is 0.522. The van der Waals surface area contributed by atoms with Gasteiger partial charge >= 0.3 is 0 Å². The Hall–Kier alpha value is 0.680. The average molecular weight is 182 g/mol. The number of hydrogen-bond donors (Lipinski definition) is 0. The molecule has 0 aromatic heterocycles. The molecule has 0 aromatic carbocycles. The highest BCUT2D eigenvalue weighted by Gasteiger charge is 2.11. The summed E-state index contributed by atoms with van der Waals surface area (Å²) in [5.41, 5.74) is 0. The Morgan fingerprint density at radius 2 is 1.60 bits per heavy atom. The minimum absolute atomic E-state index is 0.522. The van der Waals surface area contributed by atoms with Gasteiger partial charge in [-0.1, -0.05) is 11.2 Å². The lowest BCUT2D eigenvalue weighted by atomic mass is 10.2. The first-order valence-corrected chi connectivity index (χ1v) is 5.90. The van der Waals surface area contributed by atoms with Gasteiger partial charge in [-0.15, -0.1) is 0 Å². The molecule has 62 valence electrons. The van der Waals surface area contributed by atoms with Gasteiger partial charge in [0.15, 0.2) is 0 Å². The Kier molecular flexibility index (Phi) is 5.71. The van der Waals surface area contributed by atoms with E-state index in [1.165, 1.54) is 0 Å². The molecule has 0 fully saturated rings. The van der Waals surface area contributed by atoms with E-state index in [1.807, 2.05) is 0 Å². The van der Waals surface area contributed by atoms with Crippen LogP contribution in [0.15, 0.2) is 0 Å². The van der Waals surface area contributed by atoms with Crippen molar-refractivity contribution in [3.63, 3.8) is 0 Å². The maximum Gasteiger partial charge on any atom is 0.0302 e. The minimum Gasteiger partial charge on any atom is -0.294 e. The van der Waals surface area contributed by atoms with Gasteiger partial charge in [0.2, 0.25) is 0 Å². The maximum absolute atomic E-state index is 5.67. The van der Waals surface area contributed by atoms with Crippen molar-refractivity contribution in [2.75, 3.05) is 6.29 Å². The van der Waals surface area contributed by atoms with Crippen LogP contribution in [-0.2, 0) is 0 Å². The van der Waals surface area contributed by atoms with E-state index in [2.05, 4.69) is 32.6 Å². The normalized spacial score (nSPS) is 13.2. The summed E-state index contributed by atoms with van der Waals surface area (Å²) in [6, 6.07) is 1.23. The molecule has 1 unspecified atom stereocenters. The Balaban J connectivity index is 3.73. The Morgan fingerprint density at radius 1 is 1.20 bits per heavy atom. The second-order valence-electron chi connectivity index (χ2n) is 2.99. The number of hydrogen-bond acceptors (Lipinski definition) is 1. The molecule has 0 heterocycles. The van der Waals surface area contributed by atoms with Crippen LogP contribution in [0, 0.1) is 0 Å². The molecule has 3 heteroatoms. The molecule has 0 saturated carbocycles. The van der Waals surface area contributed by atoms with Crippen molar-refractivity contribution >= 4 is 19.2 Å². The second-order valence-corrected chi connectivity index (χ2v) is 4.38. The van der Waals surface area contributed by atoms with Gasteiger partial charge in [-0.2, -0.15) is 0 Å². The standard InChI is InChI=1S/C7H17ClNP/c1-6(2)9(5-10-8)7(3)4/h6-7,10H,5H2,1-4H3. The molecule has 0 aliphatic rings. The smallest absolute Gasteiger partial charge is 0.0302 e. The molecular formula is C7H17ClNP. The zero-order chi connectivity index (χ0) is 8.15. The summed E-state index contributed by atoms with van der Waals surface area (Å²) in [6.45, 7) is 8.82. The summed E-state index contributed by atoms with van der Waals surface area (Å²) in [7, 11) is 0.522. The fraction of sp³-hybridized carbons (Fsp3) is 1.00. The van der Waals surface area contributed by atoms with Crippen LogP contribution in [0.1, 0.15) is 27.7 Å². The van der Waals surface area contributed by atoms with Gasteiger partial charge < -0.3 is 0 Å². The fourth-order valence-corrected chi connectivity index (χ4v) is 2.31. The van der Waals surface area contributed by atoms with Crippen molar-refractivity contribution in [1.29, 1.82) is 0 Å². The van der Waals surface area contributed by atoms with E-state index in [0.717, 1.165) is 6.29 Å². The highest BCUT2D eigenvalue weighted by molar-refractivity contribution is 7.68. The van der Waals surface area contributed by atoms with Gasteiger partial charge in [0.25, 0.3) is 0 Å². The van der Waals surface area contributed by atoms with Crippen molar-refractivity contribution in [3.05, 3.63) is 0 Å². The molecule has 0 aliphatic heterocycles. The summed E-state index contributed by atoms with van der Waals surface area (Å²) in [5.74, 6) is 0. The highest BCUT2D eigenvalue weighted by atomic mass is 35.7. The summed E-state index contributed by atoms with van der Waals surface area (Å²) >= 11 is 5.67. The SMILES string of the molecule is CC(C)N(CPCl)C(C)C. The molecule has 1 nitrogen and oxygen atoms in total. The van der Waals surface area contributed by atoms with Crippen LogP contribution < -0.4 is 0 Å². The van der Waals surface area contributed by atoms with Crippen molar-refractivity contribution in [3.8, 4) is 0 Å². The van der Waals surface area contributed by atoms with E-state index < -0.39 is 0 Å². The van der Waals surface area contributed by atoms with Crippen LogP contribution in [0.25, 0.3) is 0 Å². The van der Waals surface area contributed by atoms with Crippen LogP contribution in [0.2, 0.25) is 0 Å². The first-order valence-electron chi connectivity index (χ1n) is 3.68. The molecular weight excluding hydrogens is 165 g/mol. The van der Waals surface area contributed by atoms with Crippen molar-refractivity contribution in [2.24, 2.45) is 0 Å². The third-order valence-electron chi connectivity index (χ3n) is 1.57. The van der Waals surface area contributed by atoms with Crippen LogP contribution >= 0.6 is 19.2 Å². The van der Waals surface area contributed by atoms with E-state index >= 15 is 0 Å². The predicted molar refractivity (Wildman–Crippen MR) is 51.1 cm³/mol. The van der Waals surface area contributed by atoms with Crippen molar-refractivity contribution in [1.82, 2.24) is 4.90 Å². The average Bonchev–Trinajstić information content (AvgIpc) is 1.81. The largest absolute Gasteiger partial charge is 0.294 e. The number of halogens is 1. The predicted octanol–water partition coefficient (Wildman–Crippen LogP) is 2.90.